The molecule has 160 valence electrons. The Hall–Kier alpha value is -2.22. The topological polar surface area (TPSA) is 72.9 Å². The molecule has 8 heteroatoms. The van der Waals surface area contributed by atoms with Crippen molar-refractivity contribution >= 4 is 17.8 Å². The first kappa shape index (κ1) is 21.5. The van der Waals surface area contributed by atoms with Crippen LogP contribution >= 0.6 is 0 Å². The number of carbonyl (C=O) groups is 2. The van der Waals surface area contributed by atoms with Crippen LogP contribution in [0.5, 0.6) is 0 Å². The lowest BCUT2D eigenvalue weighted by atomic mass is 9.86. The number of aromatic nitrogens is 2. The number of likely N-dealkylation sites (N-methyl/N-ethyl adjacent to an activating group) is 2. The molecule has 0 aromatic carbocycles. The maximum Gasteiger partial charge on any atom is 0.242 e. The average molecular weight is 403 g/mol. The Morgan fingerprint density at radius 3 is 2.52 bits per heavy atom. The number of carbonyl (C=O) groups excluding carboxylic acids is 2. The van der Waals surface area contributed by atoms with E-state index < -0.39 is 0 Å². The Balaban J connectivity index is 1.57. The molecule has 0 saturated carbocycles. The standard InChI is InChI=1S/C21H34N6O2/c1-5-26(6-2)21-22-14-17-13-16(7-8-18(17)23-21)20(29)25(4)15-19(28)27-11-9-24(3)10-12-27/h14,16H,5-13,15H2,1-4H3. The monoisotopic (exact) mass is 402 g/mol. The Morgan fingerprint density at radius 2 is 1.86 bits per heavy atom. The lowest BCUT2D eigenvalue weighted by molar-refractivity contribution is -0.142. The Labute approximate surface area is 173 Å². The van der Waals surface area contributed by atoms with Crippen LogP contribution in [0.1, 0.15) is 31.5 Å². The fraction of sp³-hybridized carbons (Fsp3) is 0.714. The molecule has 0 N–H and O–H groups in total. The molecule has 2 heterocycles. The summed E-state index contributed by atoms with van der Waals surface area (Å²) in [5.41, 5.74) is 2.12. The van der Waals surface area contributed by atoms with Crippen LogP contribution in [-0.2, 0) is 22.4 Å². The van der Waals surface area contributed by atoms with Gasteiger partial charge in [-0.2, -0.15) is 0 Å². The second-order valence-electron chi connectivity index (χ2n) is 8.13. The molecule has 3 rings (SSSR count). The first-order chi connectivity index (χ1) is 13.9. The van der Waals surface area contributed by atoms with Gasteiger partial charge in [-0.25, -0.2) is 9.97 Å². The highest BCUT2D eigenvalue weighted by Crippen LogP contribution is 2.26. The summed E-state index contributed by atoms with van der Waals surface area (Å²) in [7, 11) is 3.80. The van der Waals surface area contributed by atoms with Gasteiger partial charge in [0.25, 0.3) is 0 Å². The molecule has 1 saturated heterocycles. The SMILES string of the molecule is CCN(CC)c1ncc2c(n1)CCC(C(=O)N(C)CC(=O)N1CCN(C)CC1)C2. The maximum atomic E-state index is 12.9. The van der Waals surface area contributed by atoms with E-state index in [1.54, 1.807) is 11.9 Å². The lowest BCUT2D eigenvalue weighted by Gasteiger charge is -2.34. The van der Waals surface area contributed by atoms with Gasteiger partial charge in [0.1, 0.15) is 0 Å². The van der Waals surface area contributed by atoms with Gasteiger partial charge in [0, 0.05) is 64.1 Å². The smallest absolute Gasteiger partial charge is 0.242 e. The van der Waals surface area contributed by atoms with Crippen molar-refractivity contribution < 1.29 is 9.59 Å². The number of anilines is 1. The van der Waals surface area contributed by atoms with Gasteiger partial charge < -0.3 is 19.6 Å². The molecule has 1 unspecified atom stereocenters. The van der Waals surface area contributed by atoms with E-state index in [1.165, 1.54) is 0 Å². The summed E-state index contributed by atoms with van der Waals surface area (Å²) in [5, 5.41) is 0. The number of hydrogen-bond donors (Lipinski definition) is 0. The number of nitrogens with zero attached hydrogens (tertiary/aromatic N) is 6. The van der Waals surface area contributed by atoms with Gasteiger partial charge in [-0.3, -0.25) is 9.59 Å². The average Bonchev–Trinajstić information content (AvgIpc) is 2.74. The van der Waals surface area contributed by atoms with Crippen LogP contribution < -0.4 is 4.90 Å². The molecule has 1 aromatic heterocycles. The summed E-state index contributed by atoms with van der Waals surface area (Å²) >= 11 is 0. The summed E-state index contributed by atoms with van der Waals surface area (Å²) in [6, 6.07) is 0. The lowest BCUT2D eigenvalue weighted by Crippen LogP contribution is -2.50. The normalized spacial score (nSPS) is 19.6. The van der Waals surface area contributed by atoms with E-state index in [2.05, 4.69) is 35.7 Å². The predicted octanol–water partition coefficient (Wildman–Crippen LogP) is 0.660. The van der Waals surface area contributed by atoms with Crippen molar-refractivity contribution in [1.29, 1.82) is 0 Å². The second kappa shape index (κ2) is 9.52. The highest BCUT2D eigenvalue weighted by Gasteiger charge is 2.30. The third-order valence-corrected chi connectivity index (χ3v) is 6.14. The zero-order chi connectivity index (χ0) is 21.0. The minimum absolute atomic E-state index is 0.0392. The highest BCUT2D eigenvalue weighted by molar-refractivity contribution is 5.86. The molecule has 0 spiro atoms. The molecule has 29 heavy (non-hydrogen) atoms. The molecular weight excluding hydrogens is 368 g/mol. The van der Waals surface area contributed by atoms with Crippen LogP contribution in [-0.4, -0.2) is 96.4 Å². The van der Waals surface area contributed by atoms with Gasteiger partial charge in [0.2, 0.25) is 17.8 Å². The van der Waals surface area contributed by atoms with Crippen molar-refractivity contribution in [3.8, 4) is 0 Å². The van der Waals surface area contributed by atoms with E-state index in [4.69, 9.17) is 4.98 Å². The van der Waals surface area contributed by atoms with Crippen molar-refractivity contribution in [2.75, 3.05) is 64.8 Å². The summed E-state index contributed by atoms with van der Waals surface area (Å²) in [6.45, 7) is 9.35. The molecule has 8 nitrogen and oxygen atoms in total. The zero-order valence-electron chi connectivity index (χ0n) is 18.2. The van der Waals surface area contributed by atoms with Crippen LogP contribution in [0, 0.1) is 5.92 Å². The molecule has 0 bridgehead atoms. The minimum Gasteiger partial charge on any atom is -0.341 e. The predicted molar refractivity (Wildman–Crippen MR) is 113 cm³/mol. The van der Waals surface area contributed by atoms with Crippen molar-refractivity contribution in [3.05, 3.63) is 17.5 Å². The first-order valence-corrected chi connectivity index (χ1v) is 10.7. The van der Waals surface area contributed by atoms with Crippen molar-refractivity contribution in [1.82, 2.24) is 24.7 Å². The van der Waals surface area contributed by atoms with Gasteiger partial charge in [-0.05, 0) is 45.7 Å². The highest BCUT2D eigenvalue weighted by atomic mass is 16.2. The third kappa shape index (κ3) is 5.04. The second-order valence-corrected chi connectivity index (χ2v) is 8.13. The first-order valence-electron chi connectivity index (χ1n) is 10.7. The number of fused-ring (bicyclic) bond motifs is 1. The minimum atomic E-state index is -0.101. The van der Waals surface area contributed by atoms with E-state index in [9.17, 15) is 9.59 Å². The van der Waals surface area contributed by atoms with Gasteiger partial charge in [-0.15, -0.1) is 0 Å². The van der Waals surface area contributed by atoms with E-state index in [0.717, 1.165) is 69.3 Å². The van der Waals surface area contributed by atoms with E-state index >= 15 is 0 Å². The molecule has 1 aliphatic carbocycles. The molecule has 2 aliphatic rings. The Bertz CT molecular complexity index is 728. The van der Waals surface area contributed by atoms with Gasteiger partial charge >= 0.3 is 0 Å². The summed E-state index contributed by atoms with van der Waals surface area (Å²) in [4.78, 5) is 42.6. The van der Waals surface area contributed by atoms with Crippen LogP contribution in [0.4, 0.5) is 5.95 Å². The van der Waals surface area contributed by atoms with E-state index in [-0.39, 0.29) is 24.3 Å². The van der Waals surface area contributed by atoms with Gasteiger partial charge in [-0.1, -0.05) is 0 Å². The fourth-order valence-electron chi connectivity index (χ4n) is 4.11. The third-order valence-electron chi connectivity index (χ3n) is 6.14. The molecule has 0 radical (unpaired) electrons. The molecule has 1 atom stereocenters. The quantitative estimate of drug-likeness (QED) is 0.696. The number of amides is 2. The molecule has 2 amide bonds. The van der Waals surface area contributed by atoms with E-state index in [0.29, 0.717) is 6.42 Å². The van der Waals surface area contributed by atoms with Crippen molar-refractivity contribution in [2.45, 2.75) is 33.1 Å². The number of piperazine rings is 1. The van der Waals surface area contributed by atoms with E-state index in [1.807, 2.05) is 11.1 Å². The van der Waals surface area contributed by atoms with Gasteiger partial charge in [0.15, 0.2) is 0 Å². The maximum absolute atomic E-state index is 12.9. The summed E-state index contributed by atoms with van der Waals surface area (Å²) in [6.07, 6.45) is 4.08. The largest absolute Gasteiger partial charge is 0.341 e. The van der Waals surface area contributed by atoms with Crippen molar-refractivity contribution in [3.63, 3.8) is 0 Å². The molecule has 1 aromatic rings. The van der Waals surface area contributed by atoms with Crippen LogP contribution in [0.25, 0.3) is 0 Å². The molecule has 1 fully saturated rings. The molecular formula is C21H34N6O2. The Kier molecular flexibility index (Phi) is 7.05. The Morgan fingerprint density at radius 1 is 1.17 bits per heavy atom. The van der Waals surface area contributed by atoms with Crippen LogP contribution in [0.3, 0.4) is 0 Å². The van der Waals surface area contributed by atoms with Crippen LogP contribution in [0.2, 0.25) is 0 Å². The number of aryl methyl sites for hydroxylation is 1. The summed E-state index contributed by atoms with van der Waals surface area (Å²) in [5.74, 6) is 0.757. The number of hydrogen-bond acceptors (Lipinski definition) is 6. The molecule has 1 aliphatic heterocycles. The zero-order valence-corrected chi connectivity index (χ0v) is 18.2. The number of rotatable bonds is 6. The van der Waals surface area contributed by atoms with Crippen LogP contribution in [0.15, 0.2) is 6.20 Å². The van der Waals surface area contributed by atoms with Crippen molar-refractivity contribution in [2.24, 2.45) is 5.92 Å². The summed E-state index contributed by atoms with van der Waals surface area (Å²) < 4.78 is 0. The van der Waals surface area contributed by atoms with Gasteiger partial charge in [0.05, 0.1) is 6.54 Å². The fourth-order valence-corrected chi connectivity index (χ4v) is 4.11.